The first kappa shape index (κ1) is 17.9. The lowest BCUT2D eigenvalue weighted by molar-refractivity contribution is -0.118. The Balaban J connectivity index is 2.06. The summed E-state index contributed by atoms with van der Waals surface area (Å²) in [5, 5.41) is 3.11. The van der Waals surface area contributed by atoms with Crippen LogP contribution in [-0.2, 0) is 11.2 Å². The van der Waals surface area contributed by atoms with E-state index in [1.165, 1.54) is 14.2 Å². The van der Waals surface area contributed by atoms with Crippen molar-refractivity contribution in [1.29, 1.82) is 0 Å². The third-order valence-corrected chi connectivity index (χ3v) is 3.76. The average molecular weight is 350 g/mol. The van der Waals surface area contributed by atoms with Gasteiger partial charge in [-0.1, -0.05) is 36.7 Å². The zero-order valence-electron chi connectivity index (χ0n) is 13.9. The summed E-state index contributed by atoms with van der Waals surface area (Å²) in [4.78, 5) is 12.2. The first-order valence-corrected chi connectivity index (χ1v) is 7.88. The van der Waals surface area contributed by atoms with Crippen LogP contribution in [0.4, 0.5) is 5.69 Å². The Hall–Kier alpha value is -2.40. The van der Waals surface area contributed by atoms with Gasteiger partial charge in [0, 0.05) is 6.07 Å². The number of rotatable bonds is 7. The molecule has 0 aliphatic carbocycles. The standard InChI is InChI=1S/C18H20ClNO4/c1-4-12-7-5-6-8-15(12)24-11-18(21)20-14-9-13(19)16(22-2)10-17(14)23-3/h5-10H,4,11H2,1-3H3,(H,20,21). The van der Waals surface area contributed by atoms with Crippen LogP contribution in [0.25, 0.3) is 0 Å². The SMILES string of the molecule is CCc1ccccc1OCC(=O)Nc1cc(Cl)c(OC)cc1OC. The second-order valence-corrected chi connectivity index (χ2v) is 5.39. The Morgan fingerprint density at radius 3 is 2.46 bits per heavy atom. The normalized spacial score (nSPS) is 10.2. The van der Waals surface area contributed by atoms with Crippen molar-refractivity contribution in [2.45, 2.75) is 13.3 Å². The number of para-hydroxylation sites is 1. The molecule has 0 aliphatic rings. The molecule has 24 heavy (non-hydrogen) atoms. The molecule has 0 atom stereocenters. The van der Waals surface area contributed by atoms with Gasteiger partial charge in [0.05, 0.1) is 24.9 Å². The van der Waals surface area contributed by atoms with Gasteiger partial charge in [-0.15, -0.1) is 0 Å². The molecule has 0 aliphatic heterocycles. The highest BCUT2D eigenvalue weighted by Gasteiger charge is 2.13. The van der Waals surface area contributed by atoms with Crippen molar-refractivity contribution < 1.29 is 19.0 Å². The van der Waals surface area contributed by atoms with E-state index in [-0.39, 0.29) is 12.5 Å². The zero-order chi connectivity index (χ0) is 17.5. The number of hydrogen-bond acceptors (Lipinski definition) is 4. The van der Waals surface area contributed by atoms with E-state index in [1.54, 1.807) is 12.1 Å². The molecule has 0 heterocycles. The molecule has 2 aromatic rings. The van der Waals surface area contributed by atoms with Gasteiger partial charge in [0.2, 0.25) is 0 Å². The summed E-state index contributed by atoms with van der Waals surface area (Å²) < 4.78 is 16.0. The van der Waals surface area contributed by atoms with Gasteiger partial charge in [0.25, 0.3) is 5.91 Å². The second-order valence-electron chi connectivity index (χ2n) is 4.99. The van der Waals surface area contributed by atoms with Crippen molar-refractivity contribution in [2.75, 3.05) is 26.1 Å². The maximum atomic E-state index is 12.2. The van der Waals surface area contributed by atoms with Crippen molar-refractivity contribution >= 4 is 23.2 Å². The summed E-state index contributed by atoms with van der Waals surface area (Å²) in [6.45, 7) is 1.93. The Kier molecular flexibility index (Phi) is 6.32. The number of carbonyl (C=O) groups excluding carboxylic acids is 1. The molecule has 0 saturated carbocycles. The number of nitrogens with one attached hydrogen (secondary N) is 1. The van der Waals surface area contributed by atoms with E-state index in [9.17, 15) is 4.79 Å². The molecule has 0 bridgehead atoms. The summed E-state index contributed by atoms with van der Waals surface area (Å²) in [5.74, 6) is 1.33. The minimum atomic E-state index is -0.305. The monoisotopic (exact) mass is 349 g/mol. The summed E-state index contributed by atoms with van der Waals surface area (Å²) in [5.41, 5.74) is 1.51. The van der Waals surface area contributed by atoms with Crippen molar-refractivity contribution in [3.05, 3.63) is 47.0 Å². The molecule has 1 N–H and O–H groups in total. The van der Waals surface area contributed by atoms with E-state index >= 15 is 0 Å². The fraction of sp³-hybridized carbons (Fsp3) is 0.278. The first-order chi connectivity index (χ1) is 11.6. The molecule has 0 spiro atoms. The number of ether oxygens (including phenoxy) is 3. The van der Waals surface area contributed by atoms with E-state index in [1.807, 2.05) is 31.2 Å². The van der Waals surface area contributed by atoms with Crippen molar-refractivity contribution in [3.63, 3.8) is 0 Å². The van der Waals surface area contributed by atoms with Crippen LogP contribution in [0.15, 0.2) is 36.4 Å². The number of benzene rings is 2. The number of halogens is 1. The summed E-state index contributed by atoms with van der Waals surface area (Å²) in [6, 6.07) is 10.8. The fourth-order valence-electron chi connectivity index (χ4n) is 2.22. The van der Waals surface area contributed by atoms with Crippen LogP contribution in [0.3, 0.4) is 0 Å². The van der Waals surface area contributed by atoms with E-state index in [0.717, 1.165) is 12.0 Å². The molecule has 0 radical (unpaired) electrons. The molecule has 5 nitrogen and oxygen atoms in total. The molecule has 6 heteroatoms. The maximum Gasteiger partial charge on any atom is 0.262 e. The average Bonchev–Trinajstić information content (AvgIpc) is 2.60. The molecule has 1 amide bonds. The highest BCUT2D eigenvalue weighted by atomic mass is 35.5. The maximum absolute atomic E-state index is 12.2. The number of hydrogen-bond donors (Lipinski definition) is 1. The lowest BCUT2D eigenvalue weighted by Gasteiger charge is -2.14. The predicted molar refractivity (Wildman–Crippen MR) is 94.5 cm³/mol. The van der Waals surface area contributed by atoms with Gasteiger partial charge in [-0.05, 0) is 24.1 Å². The van der Waals surface area contributed by atoms with E-state index < -0.39 is 0 Å². The van der Waals surface area contributed by atoms with Crippen LogP contribution in [0.5, 0.6) is 17.2 Å². The predicted octanol–water partition coefficient (Wildman–Crippen LogP) is 3.94. The molecular weight excluding hydrogens is 330 g/mol. The van der Waals surface area contributed by atoms with E-state index in [2.05, 4.69) is 5.32 Å². The smallest absolute Gasteiger partial charge is 0.262 e. The largest absolute Gasteiger partial charge is 0.495 e. The van der Waals surface area contributed by atoms with E-state index in [4.69, 9.17) is 25.8 Å². The van der Waals surface area contributed by atoms with Crippen LogP contribution in [0, 0.1) is 0 Å². The van der Waals surface area contributed by atoms with Gasteiger partial charge in [0.15, 0.2) is 6.61 Å². The Labute approximate surface area is 146 Å². The van der Waals surface area contributed by atoms with Crippen molar-refractivity contribution in [1.82, 2.24) is 0 Å². The molecular formula is C18H20ClNO4. The van der Waals surface area contributed by atoms with Gasteiger partial charge in [-0.25, -0.2) is 0 Å². The van der Waals surface area contributed by atoms with Gasteiger partial charge in [-0.3, -0.25) is 4.79 Å². The van der Waals surface area contributed by atoms with Crippen LogP contribution in [0.1, 0.15) is 12.5 Å². The zero-order valence-corrected chi connectivity index (χ0v) is 14.6. The van der Waals surface area contributed by atoms with Crippen LogP contribution < -0.4 is 19.5 Å². The number of amides is 1. The minimum absolute atomic E-state index is 0.107. The van der Waals surface area contributed by atoms with Gasteiger partial charge < -0.3 is 19.5 Å². The fourth-order valence-corrected chi connectivity index (χ4v) is 2.46. The minimum Gasteiger partial charge on any atom is -0.495 e. The van der Waals surface area contributed by atoms with Crippen molar-refractivity contribution in [2.24, 2.45) is 0 Å². The van der Waals surface area contributed by atoms with Crippen LogP contribution >= 0.6 is 11.6 Å². The summed E-state index contributed by atoms with van der Waals surface area (Å²) >= 11 is 6.09. The quantitative estimate of drug-likeness (QED) is 0.822. The molecule has 2 aromatic carbocycles. The molecule has 0 aromatic heterocycles. The van der Waals surface area contributed by atoms with E-state index in [0.29, 0.717) is 28.0 Å². The topological polar surface area (TPSA) is 56.8 Å². The third kappa shape index (κ3) is 4.32. The molecule has 0 fully saturated rings. The Morgan fingerprint density at radius 2 is 1.79 bits per heavy atom. The number of aryl methyl sites for hydroxylation is 1. The highest BCUT2D eigenvalue weighted by molar-refractivity contribution is 6.32. The summed E-state index contributed by atoms with van der Waals surface area (Å²) in [6.07, 6.45) is 0.833. The molecule has 128 valence electrons. The lowest BCUT2D eigenvalue weighted by Crippen LogP contribution is -2.21. The highest BCUT2D eigenvalue weighted by Crippen LogP contribution is 2.35. The number of carbonyl (C=O) groups is 1. The number of methoxy groups -OCH3 is 2. The first-order valence-electron chi connectivity index (χ1n) is 7.51. The lowest BCUT2D eigenvalue weighted by atomic mass is 10.1. The van der Waals surface area contributed by atoms with Crippen LogP contribution in [-0.4, -0.2) is 26.7 Å². The second kappa shape index (κ2) is 8.45. The van der Waals surface area contributed by atoms with Gasteiger partial charge >= 0.3 is 0 Å². The van der Waals surface area contributed by atoms with Crippen molar-refractivity contribution in [3.8, 4) is 17.2 Å². The molecule has 2 rings (SSSR count). The summed E-state index contributed by atoms with van der Waals surface area (Å²) in [7, 11) is 3.02. The van der Waals surface area contributed by atoms with Crippen LogP contribution in [0.2, 0.25) is 5.02 Å². The molecule has 0 unspecified atom stereocenters. The van der Waals surface area contributed by atoms with Gasteiger partial charge in [0.1, 0.15) is 17.2 Å². The Bertz CT molecular complexity index is 718. The Morgan fingerprint density at radius 1 is 1.08 bits per heavy atom. The van der Waals surface area contributed by atoms with Gasteiger partial charge in [-0.2, -0.15) is 0 Å². The molecule has 0 saturated heterocycles. The third-order valence-electron chi connectivity index (χ3n) is 3.46. The number of anilines is 1.